The van der Waals surface area contributed by atoms with Crippen LogP contribution in [-0.4, -0.2) is 66.4 Å². The van der Waals surface area contributed by atoms with E-state index in [1.807, 2.05) is 60.4 Å². The number of carbonyl (C=O) groups excluding carboxylic acids is 2. The van der Waals surface area contributed by atoms with Gasteiger partial charge in [0.1, 0.15) is 5.75 Å². The molecule has 5 rings (SSSR count). The summed E-state index contributed by atoms with van der Waals surface area (Å²) in [4.78, 5) is 34.1. The van der Waals surface area contributed by atoms with Crippen LogP contribution in [0, 0.1) is 6.92 Å². The lowest BCUT2D eigenvalue weighted by Crippen LogP contribution is -2.42. The molecule has 3 heterocycles. The zero-order valence-electron chi connectivity index (χ0n) is 22.0. The monoisotopic (exact) mass is 498 g/mol. The minimum Gasteiger partial charge on any atom is -0.497 e. The quantitative estimate of drug-likeness (QED) is 0.436. The summed E-state index contributed by atoms with van der Waals surface area (Å²) < 4.78 is 5.27. The van der Waals surface area contributed by atoms with Crippen LogP contribution in [-0.2, 0) is 11.2 Å². The van der Waals surface area contributed by atoms with Gasteiger partial charge in [-0.25, -0.2) is 0 Å². The van der Waals surface area contributed by atoms with E-state index in [4.69, 9.17) is 4.74 Å². The molecule has 2 N–H and O–H groups in total. The molecule has 0 saturated heterocycles. The summed E-state index contributed by atoms with van der Waals surface area (Å²) in [5.41, 5.74) is 7.73. The van der Waals surface area contributed by atoms with Crippen LogP contribution in [0.1, 0.15) is 46.7 Å². The molecule has 0 aliphatic carbocycles. The van der Waals surface area contributed by atoms with Crippen LogP contribution in [0.4, 0.5) is 5.69 Å². The highest BCUT2D eigenvalue weighted by Gasteiger charge is 2.30. The zero-order chi connectivity index (χ0) is 26.1. The number of rotatable bonds is 8. The molecule has 2 aromatic carbocycles. The van der Waals surface area contributed by atoms with E-state index in [0.717, 1.165) is 83.2 Å². The highest BCUT2D eigenvalue weighted by Crippen LogP contribution is 2.37. The molecule has 3 aromatic rings. The van der Waals surface area contributed by atoms with Crippen LogP contribution in [0.15, 0.2) is 42.5 Å². The average Bonchev–Trinajstić information content (AvgIpc) is 3.41. The number of benzene rings is 2. The van der Waals surface area contributed by atoms with Crippen molar-refractivity contribution in [1.82, 2.24) is 14.8 Å². The molecule has 0 spiro atoms. The van der Waals surface area contributed by atoms with E-state index in [1.165, 1.54) is 0 Å². The molecule has 0 saturated carbocycles. The van der Waals surface area contributed by atoms with Crippen molar-refractivity contribution >= 4 is 29.2 Å². The third-order valence-electron chi connectivity index (χ3n) is 7.59. The summed E-state index contributed by atoms with van der Waals surface area (Å²) in [6.45, 7) is 10.5. The number of ether oxygens (including phenoxy) is 1. The normalized spacial score (nSPS) is 15.8. The van der Waals surface area contributed by atoms with Gasteiger partial charge < -0.3 is 24.8 Å². The summed E-state index contributed by atoms with van der Waals surface area (Å²) in [6, 6.07) is 13.9. The Bertz CT molecular complexity index is 1370. The number of hydrogen-bond acceptors (Lipinski definition) is 4. The average molecular weight is 499 g/mol. The molecular formula is C30H34N4O3. The van der Waals surface area contributed by atoms with Crippen molar-refractivity contribution in [2.75, 3.05) is 45.2 Å². The fourth-order valence-corrected chi connectivity index (χ4v) is 5.26. The Hall–Kier alpha value is -3.84. The van der Waals surface area contributed by atoms with Gasteiger partial charge in [-0.2, -0.15) is 0 Å². The van der Waals surface area contributed by atoms with Gasteiger partial charge in [0.2, 0.25) is 0 Å². The van der Waals surface area contributed by atoms with E-state index in [2.05, 4.69) is 29.0 Å². The Morgan fingerprint density at radius 3 is 2.49 bits per heavy atom. The van der Waals surface area contributed by atoms with Crippen molar-refractivity contribution < 1.29 is 14.3 Å². The molecule has 0 fully saturated rings. The number of anilines is 1. The summed E-state index contributed by atoms with van der Waals surface area (Å²) in [5.74, 6) is 0.737. The lowest BCUT2D eigenvalue weighted by molar-refractivity contribution is -0.110. The van der Waals surface area contributed by atoms with Gasteiger partial charge >= 0.3 is 0 Å². The van der Waals surface area contributed by atoms with Crippen LogP contribution < -0.4 is 10.1 Å². The molecule has 2 aliphatic heterocycles. The van der Waals surface area contributed by atoms with Crippen molar-refractivity contribution in [3.63, 3.8) is 0 Å². The Balaban J connectivity index is 1.44. The Labute approximate surface area is 218 Å². The minimum absolute atomic E-state index is 0.0740. The first kappa shape index (κ1) is 24.8. The van der Waals surface area contributed by atoms with Crippen molar-refractivity contribution in [1.29, 1.82) is 0 Å². The molecule has 0 atom stereocenters. The van der Waals surface area contributed by atoms with E-state index in [1.54, 1.807) is 7.11 Å². The lowest BCUT2D eigenvalue weighted by Gasteiger charge is -2.29. The molecule has 7 nitrogen and oxygen atoms in total. The molecule has 37 heavy (non-hydrogen) atoms. The number of fused-ring (bicyclic) bond motifs is 2. The molecule has 2 aliphatic rings. The smallest absolute Gasteiger partial charge is 0.256 e. The second-order valence-corrected chi connectivity index (χ2v) is 9.59. The number of methoxy groups -OCH3 is 1. The maximum atomic E-state index is 13.4. The SMILES string of the molecule is CCN(CC)CCN1CCc2[nH]c(/C=C3\C(=O)Nc4ccc(-c5ccc(OC)cc5)cc43)c(C)c2C1=O. The Morgan fingerprint density at radius 1 is 1.05 bits per heavy atom. The number of aromatic nitrogens is 1. The van der Waals surface area contributed by atoms with Gasteiger partial charge in [0.25, 0.3) is 11.8 Å². The number of nitrogens with zero attached hydrogens (tertiary/aromatic N) is 2. The Morgan fingerprint density at radius 2 is 1.78 bits per heavy atom. The standard InChI is InChI=1S/C30H34N4O3/c1-5-33(6-2)15-16-34-14-13-26-28(30(34)36)19(3)27(31-26)18-24-23-17-21(9-12-25(23)32-29(24)35)20-7-10-22(37-4)11-8-20/h7-12,17-18,31H,5-6,13-16H2,1-4H3,(H,32,35)/b24-18-. The van der Waals surface area contributed by atoms with E-state index >= 15 is 0 Å². The van der Waals surface area contributed by atoms with E-state index in [9.17, 15) is 9.59 Å². The molecule has 0 radical (unpaired) electrons. The van der Waals surface area contributed by atoms with Crippen LogP contribution in [0.2, 0.25) is 0 Å². The van der Waals surface area contributed by atoms with Crippen LogP contribution in [0.25, 0.3) is 22.8 Å². The second kappa shape index (κ2) is 10.3. The predicted octanol–water partition coefficient (Wildman–Crippen LogP) is 4.83. The molecule has 7 heteroatoms. The summed E-state index contributed by atoms with van der Waals surface area (Å²) in [6.07, 6.45) is 2.67. The van der Waals surface area contributed by atoms with Crippen molar-refractivity contribution in [2.45, 2.75) is 27.2 Å². The van der Waals surface area contributed by atoms with Gasteiger partial charge in [0.15, 0.2) is 0 Å². The Kier molecular flexibility index (Phi) is 6.89. The first-order chi connectivity index (χ1) is 17.9. The highest BCUT2D eigenvalue weighted by molar-refractivity contribution is 6.35. The van der Waals surface area contributed by atoms with Gasteiger partial charge in [0, 0.05) is 48.7 Å². The topological polar surface area (TPSA) is 77.7 Å². The first-order valence-corrected chi connectivity index (χ1v) is 13.0. The van der Waals surface area contributed by atoms with Crippen molar-refractivity contribution in [3.05, 3.63) is 70.5 Å². The third kappa shape index (κ3) is 4.67. The number of aromatic amines is 1. The van der Waals surface area contributed by atoms with E-state index in [-0.39, 0.29) is 11.8 Å². The van der Waals surface area contributed by atoms with Gasteiger partial charge in [-0.05, 0) is 67.0 Å². The van der Waals surface area contributed by atoms with Gasteiger partial charge in [-0.3, -0.25) is 9.59 Å². The molecule has 1 aromatic heterocycles. The number of carbonyl (C=O) groups is 2. The molecule has 0 bridgehead atoms. The minimum atomic E-state index is -0.138. The molecule has 2 amide bonds. The number of H-pyrrole nitrogens is 1. The first-order valence-electron chi connectivity index (χ1n) is 13.0. The molecule has 0 unspecified atom stereocenters. The highest BCUT2D eigenvalue weighted by atomic mass is 16.5. The molecule has 192 valence electrons. The fraction of sp³-hybridized carbons (Fsp3) is 0.333. The summed E-state index contributed by atoms with van der Waals surface area (Å²) >= 11 is 0. The number of nitrogens with one attached hydrogen (secondary N) is 2. The maximum absolute atomic E-state index is 13.4. The number of likely N-dealkylation sites (N-methyl/N-ethyl adjacent to an activating group) is 1. The van der Waals surface area contributed by atoms with Crippen LogP contribution in [0.3, 0.4) is 0 Å². The van der Waals surface area contributed by atoms with E-state index in [0.29, 0.717) is 12.1 Å². The van der Waals surface area contributed by atoms with Gasteiger partial charge in [-0.1, -0.05) is 32.0 Å². The van der Waals surface area contributed by atoms with Crippen molar-refractivity contribution in [3.8, 4) is 16.9 Å². The lowest BCUT2D eigenvalue weighted by atomic mass is 9.98. The largest absolute Gasteiger partial charge is 0.497 e. The summed E-state index contributed by atoms with van der Waals surface area (Å²) in [7, 11) is 1.65. The van der Waals surface area contributed by atoms with Gasteiger partial charge in [-0.15, -0.1) is 0 Å². The van der Waals surface area contributed by atoms with E-state index < -0.39 is 0 Å². The fourth-order valence-electron chi connectivity index (χ4n) is 5.26. The second-order valence-electron chi connectivity index (χ2n) is 9.59. The zero-order valence-corrected chi connectivity index (χ0v) is 22.0. The number of hydrogen-bond donors (Lipinski definition) is 2. The van der Waals surface area contributed by atoms with Crippen molar-refractivity contribution in [2.24, 2.45) is 0 Å². The molecular weight excluding hydrogens is 464 g/mol. The third-order valence-corrected chi connectivity index (χ3v) is 7.59. The predicted molar refractivity (Wildman–Crippen MR) is 148 cm³/mol. The van der Waals surface area contributed by atoms with Gasteiger partial charge in [0.05, 0.1) is 18.2 Å². The van der Waals surface area contributed by atoms with Crippen LogP contribution >= 0.6 is 0 Å². The maximum Gasteiger partial charge on any atom is 0.256 e. The summed E-state index contributed by atoms with van der Waals surface area (Å²) in [5, 5.41) is 2.98. The van der Waals surface area contributed by atoms with Crippen LogP contribution in [0.5, 0.6) is 5.75 Å². The number of amides is 2.